The van der Waals surface area contributed by atoms with Gasteiger partial charge < -0.3 is 9.47 Å². The molecule has 146 valence electrons. The molecule has 0 aliphatic carbocycles. The largest absolute Gasteiger partial charge is 0.493 e. The first kappa shape index (κ1) is 19.8. The third-order valence-corrected chi connectivity index (χ3v) is 4.13. The Morgan fingerprint density at radius 2 is 1.96 bits per heavy atom. The van der Waals surface area contributed by atoms with E-state index in [1.54, 1.807) is 30.1 Å². The monoisotopic (exact) mass is 400 g/mol. The van der Waals surface area contributed by atoms with Crippen LogP contribution in [0, 0.1) is 10.6 Å². The minimum Gasteiger partial charge on any atom is -0.493 e. The molecule has 0 saturated heterocycles. The van der Waals surface area contributed by atoms with Crippen LogP contribution in [0.2, 0.25) is 0 Å². The molecule has 0 saturated carbocycles. The number of aromatic nitrogens is 3. The summed E-state index contributed by atoms with van der Waals surface area (Å²) in [5, 5.41) is 11.4. The first-order valence-electron chi connectivity index (χ1n) is 8.76. The molecule has 0 amide bonds. The molecule has 0 aliphatic heterocycles. The van der Waals surface area contributed by atoms with Crippen LogP contribution in [-0.4, -0.2) is 34.3 Å². The van der Waals surface area contributed by atoms with Gasteiger partial charge in [0, 0.05) is 6.42 Å². The van der Waals surface area contributed by atoms with Crippen LogP contribution in [-0.2, 0) is 6.42 Å². The number of hydrogen-bond donors (Lipinski definition) is 1. The van der Waals surface area contributed by atoms with Crippen molar-refractivity contribution in [3.63, 3.8) is 0 Å². The molecule has 1 aromatic heterocycles. The quantitative estimate of drug-likeness (QED) is 0.473. The Kier molecular flexibility index (Phi) is 6.20. The van der Waals surface area contributed by atoms with Gasteiger partial charge in [-0.15, -0.1) is 0 Å². The summed E-state index contributed by atoms with van der Waals surface area (Å²) < 4.78 is 26.1. The fourth-order valence-corrected chi connectivity index (χ4v) is 2.78. The fourth-order valence-electron chi connectivity index (χ4n) is 2.59. The molecule has 3 aromatic rings. The van der Waals surface area contributed by atoms with Crippen LogP contribution >= 0.6 is 12.2 Å². The van der Waals surface area contributed by atoms with Gasteiger partial charge >= 0.3 is 0 Å². The van der Waals surface area contributed by atoms with Gasteiger partial charge in [0.15, 0.2) is 17.3 Å². The summed E-state index contributed by atoms with van der Waals surface area (Å²) in [6.07, 6.45) is 2.16. The Bertz CT molecular complexity index is 1030. The van der Waals surface area contributed by atoms with E-state index in [0.717, 1.165) is 11.1 Å². The van der Waals surface area contributed by atoms with Crippen molar-refractivity contribution in [1.82, 2.24) is 14.9 Å². The summed E-state index contributed by atoms with van der Waals surface area (Å²) >= 11 is 5.27. The van der Waals surface area contributed by atoms with Crippen molar-refractivity contribution >= 4 is 18.4 Å². The lowest BCUT2D eigenvalue weighted by molar-refractivity contribution is 0.230. The van der Waals surface area contributed by atoms with Gasteiger partial charge in [-0.3, -0.25) is 5.10 Å². The zero-order valence-corrected chi connectivity index (χ0v) is 16.7. The van der Waals surface area contributed by atoms with E-state index in [2.05, 4.69) is 15.3 Å². The van der Waals surface area contributed by atoms with Crippen molar-refractivity contribution in [2.24, 2.45) is 5.10 Å². The molecule has 1 heterocycles. The van der Waals surface area contributed by atoms with Crippen LogP contribution in [0.3, 0.4) is 0 Å². The molecule has 0 fully saturated rings. The number of H-pyrrole nitrogens is 1. The van der Waals surface area contributed by atoms with Crippen LogP contribution in [0.15, 0.2) is 47.6 Å². The smallest absolute Gasteiger partial charge is 0.216 e. The summed E-state index contributed by atoms with van der Waals surface area (Å²) in [5.41, 5.74) is 1.73. The number of ether oxygens (including phenoxy) is 2. The molecular weight excluding hydrogens is 379 g/mol. The summed E-state index contributed by atoms with van der Waals surface area (Å²) in [7, 11) is 1.60. The number of methoxy groups -OCH3 is 1. The second-order valence-electron chi connectivity index (χ2n) is 6.38. The van der Waals surface area contributed by atoms with E-state index < -0.39 is 0 Å². The summed E-state index contributed by atoms with van der Waals surface area (Å²) in [4.78, 5) is 0. The zero-order chi connectivity index (χ0) is 20.1. The highest BCUT2D eigenvalue weighted by molar-refractivity contribution is 7.71. The topological polar surface area (TPSA) is 64.4 Å². The van der Waals surface area contributed by atoms with E-state index in [-0.39, 0.29) is 11.9 Å². The SMILES string of the molecule is COc1ccc(/C=N\n2c(Cc3ccc(F)cc3)n[nH]c2=S)cc1OC(C)C. The first-order chi connectivity index (χ1) is 13.5. The van der Waals surface area contributed by atoms with Gasteiger partial charge in [-0.25, -0.2) is 4.39 Å². The molecule has 0 radical (unpaired) electrons. The van der Waals surface area contributed by atoms with Gasteiger partial charge in [0.25, 0.3) is 0 Å². The maximum absolute atomic E-state index is 13.1. The van der Waals surface area contributed by atoms with E-state index >= 15 is 0 Å². The molecule has 0 aliphatic rings. The number of benzene rings is 2. The van der Waals surface area contributed by atoms with E-state index in [1.165, 1.54) is 12.1 Å². The highest BCUT2D eigenvalue weighted by Crippen LogP contribution is 2.28. The van der Waals surface area contributed by atoms with Crippen molar-refractivity contribution in [3.8, 4) is 11.5 Å². The van der Waals surface area contributed by atoms with Crippen molar-refractivity contribution in [2.45, 2.75) is 26.4 Å². The van der Waals surface area contributed by atoms with Crippen LogP contribution in [0.25, 0.3) is 0 Å². The average molecular weight is 400 g/mol. The highest BCUT2D eigenvalue weighted by Gasteiger charge is 2.09. The summed E-state index contributed by atoms with van der Waals surface area (Å²) in [5.74, 6) is 1.64. The second-order valence-corrected chi connectivity index (χ2v) is 6.77. The Balaban J connectivity index is 1.85. The van der Waals surface area contributed by atoms with Crippen LogP contribution in [0.4, 0.5) is 4.39 Å². The number of nitrogens with zero attached hydrogens (tertiary/aromatic N) is 3. The number of rotatable bonds is 7. The third-order valence-electron chi connectivity index (χ3n) is 3.87. The minimum absolute atomic E-state index is 0.0193. The molecule has 0 bridgehead atoms. The van der Waals surface area contributed by atoms with E-state index in [0.29, 0.717) is 28.5 Å². The molecule has 0 spiro atoms. The van der Waals surface area contributed by atoms with Gasteiger partial charge in [-0.2, -0.15) is 14.9 Å². The Morgan fingerprint density at radius 3 is 2.64 bits per heavy atom. The van der Waals surface area contributed by atoms with E-state index in [4.69, 9.17) is 21.7 Å². The Morgan fingerprint density at radius 1 is 1.21 bits per heavy atom. The molecule has 0 atom stereocenters. The van der Waals surface area contributed by atoms with Gasteiger partial charge in [0.1, 0.15) is 5.82 Å². The molecule has 8 heteroatoms. The number of aromatic amines is 1. The number of hydrogen-bond acceptors (Lipinski definition) is 5. The second kappa shape index (κ2) is 8.79. The molecule has 28 heavy (non-hydrogen) atoms. The molecule has 2 aromatic carbocycles. The van der Waals surface area contributed by atoms with Gasteiger partial charge in [-0.05, 0) is 67.5 Å². The summed E-state index contributed by atoms with van der Waals surface area (Å²) in [6.45, 7) is 3.90. The Labute approximate surface area is 167 Å². The fraction of sp³-hybridized carbons (Fsp3) is 0.250. The summed E-state index contributed by atoms with van der Waals surface area (Å²) in [6, 6.07) is 11.8. The molecule has 6 nitrogen and oxygen atoms in total. The van der Waals surface area contributed by atoms with Crippen molar-refractivity contribution < 1.29 is 13.9 Å². The predicted octanol–water partition coefficient (Wildman–Crippen LogP) is 4.35. The molecular formula is C20H21FN4O2S. The van der Waals surface area contributed by atoms with Crippen molar-refractivity contribution in [1.29, 1.82) is 0 Å². The average Bonchev–Trinajstić information content (AvgIpc) is 3.01. The normalized spacial score (nSPS) is 11.3. The standard InChI is InChI=1S/C20H21FN4O2S/c1-13(2)27-18-10-15(6-9-17(18)26-3)12-22-25-19(23-24-20(25)28)11-14-4-7-16(21)8-5-14/h4-10,12-13H,11H2,1-3H3,(H,24,28)/b22-12-. The van der Waals surface area contributed by atoms with Gasteiger partial charge in [0.05, 0.1) is 19.4 Å². The van der Waals surface area contributed by atoms with E-state index in [9.17, 15) is 4.39 Å². The van der Waals surface area contributed by atoms with Crippen molar-refractivity contribution in [3.05, 3.63) is 70.0 Å². The maximum Gasteiger partial charge on any atom is 0.216 e. The van der Waals surface area contributed by atoms with Crippen molar-refractivity contribution in [2.75, 3.05) is 7.11 Å². The molecule has 0 unspecified atom stereocenters. The van der Waals surface area contributed by atoms with Crippen LogP contribution in [0.1, 0.15) is 30.8 Å². The van der Waals surface area contributed by atoms with Crippen LogP contribution < -0.4 is 9.47 Å². The number of halogens is 1. The highest BCUT2D eigenvalue weighted by atomic mass is 32.1. The molecule has 1 N–H and O–H groups in total. The third kappa shape index (κ3) is 4.83. The van der Waals surface area contributed by atoms with Gasteiger partial charge in [-0.1, -0.05) is 12.1 Å². The zero-order valence-electron chi connectivity index (χ0n) is 15.8. The lowest BCUT2D eigenvalue weighted by atomic mass is 10.1. The Hall–Kier alpha value is -3.00. The molecule has 3 rings (SSSR count). The van der Waals surface area contributed by atoms with Gasteiger partial charge in [0.2, 0.25) is 4.77 Å². The minimum atomic E-state index is -0.278. The lowest BCUT2D eigenvalue weighted by Gasteiger charge is -2.13. The lowest BCUT2D eigenvalue weighted by Crippen LogP contribution is -2.07. The van der Waals surface area contributed by atoms with Crippen LogP contribution in [0.5, 0.6) is 11.5 Å². The van der Waals surface area contributed by atoms with E-state index in [1.807, 2.05) is 32.0 Å². The predicted molar refractivity (Wildman–Crippen MR) is 108 cm³/mol. The number of nitrogens with one attached hydrogen (secondary N) is 1. The maximum atomic E-state index is 13.1. The first-order valence-corrected chi connectivity index (χ1v) is 9.17.